The maximum atomic E-state index is 13.2. The van der Waals surface area contributed by atoms with Crippen LogP contribution in [-0.2, 0) is 10.0 Å². The lowest BCUT2D eigenvalue weighted by Crippen LogP contribution is -2.34. The summed E-state index contributed by atoms with van der Waals surface area (Å²) >= 11 is 6.54. The molecule has 0 saturated carbocycles. The van der Waals surface area contributed by atoms with Crippen molar-refractivity contribution >= 4 is 72.6 Å². The topological polar surface area (TPSA) is 166 Å². The summed E-state index contributed by atoms with van der Waals surface area (Å²) < 4.78 is 30.9. The molecule has 0 spiro atoms. The third-order valence-electron chi connectivity index (χ3n) is 7.83. The van der Waals surface area contributed by atoms with Gasteiger partial charge in [0.1, 0.15) is 0 Å². The van der Waals surface area contributed by atoms with Crippen molar-refractivity contribution in [3.8, 4) is 0 Å². The number of aliphatic hydroxyl groups excluding tert-OH is 1. The van der Waals surface area contributed by atoms with Gasteiger partial charge in [-0.1, -0.05) is 42.8 Å². The second kappa shape index (κ2) is 14.7. The number of benzene rings is 3. The van der Waals surface area contributed by atoms with Crippen molar-refractivity contribution in [3.63, 3.8) is 0 Å². The molecule has 48 heavy (non-hydrogen) atoms. The summed E-state index contributed by atoms with van der Waals surface area (Å²) in [4.78, 5) is 28.9. The number of hydrogen-bond donors (Lipinski definition) is 5. The molecule has 13 nitrogen and oxygen atoms in total. The molecule has 0 aliphatic heterocycles. The molecule has 0 aliphatic rings. The smallest absolute Gasteiger partial charge is 0.252 e. The predicted molar refractivity (Wildman–Crippen MR) is 191 cm³/mol. The predicted octanol–water partition coefficient (Wildman–Crippen LogP) is 4.91. The molecule has 1 atom stereocenters. The van der Waals surface area contributed by atoms with Crippen LogP contribution in [-0.4, -0.2) is 78.8 Å². The number of halogens is 1. The highest BCUT2D eigenvalue weighted by molar-refractivity contribution is 7.89. The largest absolute Gasteiger partial charge is 0.394 e. The third kappa shape index (κ3) is 7.46. The highest BCUT2D eigenvalue weighted by Crippen LogP contribution is 2.31. The molecule has 5 N–H and O–H groups in total. The van der Waals surface area contributed by atoms with E-state index >= 15 is 0 Å². The first-order chi connectivity index (χ1) is 22.9. The van der Waals surface area contributed by atoms with Crippen LogP contribution in [0.1, 0.15) is 43.6 Å². The number of aromatic nitrogens is 4. The Bertz CT molecular complexity index is 2050. The van der Waals surface area contributed by atoms with Crippen molar-refractivity contribution < 1.29 is 18.3 Å². The maximum absolute atomic E-state index is 13.2. The van der Waals surface area contributed by atoms with Gasteiger partial charge in [0.05, 0.1) is 34.5 Å². The van der Waals surface area contributed by atoms with Crippen LogP contribution in [0.25, 0.3) is 21.9 Å². The van der Waals surface area contributed by atoms with Gasteiger partial charge in [-0.25, -0.2) is 18.1 Å². The minimum Gasteiger partial charge on any atom is -0.394 e. The van der Waals surface area contributed by atoms with E-state index in [1.54, 1.807) is 42.7 Å². The average molecular weight is 694 g/mol. The standard InChI is InChI=1S/C33H40ClN9O4S/c1-6-21(18-44)39-33-40-30(29-31(41-33)43(19-36-29)20(2)3)38-22-13-14-25(26(34)17-22)32(45)35-15-16-37-48(46,47)28-12-8-9-23-24(28)10-7-11-27(23)42(4)5/h7-14,17,19-21,37,44H,6,15-16,18H2,1-5H3,(H,35,45)(H2,38,39,40,41)/t21-/m1/s1. The van der Waals surface area contributed by atoms with Gasteiger partial charge in [0.2, 0.25) is 16.0 Å². The summed E-state index contributed by atoms with van der Waals surface area (Å²) in [6.07, 6.45) is 2.38. The van der Waals surface area contributed by atoms with Crippen molar-refractivity contribution in [2.24, 2.45) is 0 Å². The van der Waals surface area contributed by atoms with Gasteiger partial charge in [0.15, 0.2) is 17.0 Å². The van der Waals surface area contributed by atoms with Crippen molar-refractivity contribution in [2.75, 3.05) is 49.3 Å². The normalized spacial score (nSPS) is 12.4. The van der Waals surface area contributed by atoms with E-state index in [1.807, 2.05) is 62.5 Å². The van der Waals surface area contributed by atoms with Gasteiger partial charge in [-0.2, -0.15) is 9.97 Å². The fourth-order valence-corrected chi connectivity index (χ4v) is 6.76. The molecule has 5 aromatic rings. The molecule has 0 bridgehead atoms. The molecule has 2 aromatic heterocycles. The van der Waals surface area contributed by atoms with Crippen molar-refractivity contribution in [3.05, 3.63) is 71.5 Å². The van der Waals surface area contributed by atoms with E-state index in [0.717, 1.165) is 11.1 Å². The first-order valence-corrected chi connectivity index (χ1v) is 17.4. The maximum Gasteiger partial charge on any atom is 0.252 e. The number of nitrogens with one attached hydrogen (secondary N) is 4. The lowest BCUT2D eigenvalue weighted by molar-refractivity contribution is 0.0954. The number of fused-ring (bicyclic) bond motifs is 2. The number of nitrogens with zero attached hydrogens (tertiary/aromatic N) is 5. The molecular weight excluding hydrogens is 654 g/mol. The Morgan fingerprint density at radius 2 is 1.79 bits per heavy atom. The summed E-state index contributed by atoms with van der Waals surface area (Å²) in [7, 11) is -0.0461. The van der Waals surface area contributed by atoms with Crippen molar-refractivity contribution in [2.45, 2.75) is 44.2 Å². The quantitative estimate of drug-likeness (QED) is 0.101. The Balaban J connectivity index is 1.26. The Morgan fingerprint density at radius 1 is 1.04 bits per heavy atom. The number of imidazole rings is 1. The molecule has 0 fully saturated rings. The molecule has 0 radical (unpaired) electrons. The summed E-state index contributed by atoms with van der Waals surface area (Å²) in [6, 6.07) is 15.4. The van der Waals surface area contributed by atoms with Gasteiger partial charge in [-0.15, -0.1) is 0 Å². The molecule has 1 amide bonds. The van der Waals surface area contributed by atoms with Gasteiger partial charge < -0.3 is 30.5 Å². The highest BCUT2D eigenvalue weighted by Gasteiger charge is 2.20. The monoisotopic (exact) mass is 693 g/mol. The number of carbonyl (C=O) groups is 1. The zero-order chi connectivity index (χ0) is 34.6. The highest BCUT2D eigenvalue weighted by atomic mass is 35.5. The molecule has 15 heteroatoms. The summed E-state index contributed by atoms with van der Waals surface area (Å²) in [5.41, 5.74) is 2.87. The molecule has 0 saturated heterocycles. The average Bonchev–Trinajstić information content (AvgIpc) is 3.49. The summed E-state index contributed by atoms with van der Waals surface area (Å²) in [6.45, 7) is 5.95. The first-order valence-electron chi connectivity index (χ1n) is 15.6. The Morgan fingerprint density at radius 3 is 2.48 bits per heavy atom. The van der Waals surface area contributed by atoms with E-state index in [1.165, 1.54) is 0 Å². The summed E-state index contributed by atoms with van der Waals surface area (Å²) in [5, 5.41) is 20.4. The Kier molecular flexibility index (Phi) is 10.7. The molecule has 5 rings (SSSR count). The zero-order valence-corrected chi connectivity index (χ0v) is 29.0. The van der Waals surface area contributed by atoms with E-state index in [-0.39, 0.29) is 47.3 Å². The fraction of sp³-hybridized carbons (Fsp3) is 0.333. The van der Waals surface area contributed by atoms with E-state index in [2.05, 4.69) is 35.6 Å². The van der Waals surface area contributed by atoms with Crippen LogP contribution >= 0.6 is 11.6 Å². The SMILES string of the molecule is CC[C@H](CO)Nc1nc(Nc2ccc(C(=O)NCCNS(=O)(=O)c3cccc4c(N(C)C)cccc34)c(Cl)c2)c2ncn(C(C)C)c2n1. The number of sulfonamides is 1. The number of hydrogen-bond acceptors (Lipinski definition) is 10. The second-order valence-corrected chi connectivity index (χ2v) is 13.9. The van der Waals surface area contributed by atoms with Gasteiger partial charge in [0.25, 0.3) is 5.91 Å². The van der Waals surface area contributed by atoms with Gasteiger partial charge >= 0.3 is 0 Å². The minimum atomic E-state index is -3.86. The van der Waals surface area contributed by atoms with Crippen LogP contribution in [0.3, 0.4) is 0 Å². The van der Waals surface area contributed by atoms with E-state index in [0.29, 0.717) is 40.4 Å². The minimum absolute atomic E-state index is 0.0205. The van der Waals surface area contributed by atoms with Crippen LogP contribution < -0.4 is 25.6 Å². The lowest BCUT2D eigenvalue weighted by atomic mass is 10.1. The van der Waals surface area contributed by atoms with Crippen LogP contribution in [0.2, 0.25) is 5.02 Å². The number of carbonyl (C=O) groups excluding carboxylic acids is 1. The molecule has 3 aromatic carbocycles. The van der Waals surface area contributed by atoms with Crippen LogP contribution in [0, 0.1) is 0 Å². The second-order valence-electron chi connectivity index (χ2n) is 11.7. The van der Waals surface area contributed by atoms with Gasteiger partial charge in [-0.05, 0) is 50.6 Å². The number of anilines is 4. The number of aliphatic hydroxyl groups is 1. The van der Waals surface area contributed by atoms with Crippen molar-refractivity contribution in [1.29, 1.82) is 0 Å². The number of amides is 1. The van der Waals surface area contributed by atoms with Crippen LogP contribution in [0.15, 0.2) is 65.8 Å². The van der Waals surface area contributed by atoms with Gasteiger partial charge in [-0.3, -0.25) is 4.79 Å². The van der Waals surface area contributed by atoms with E-state index in [4.69, 9.17) is 11.6 Å². The number of rotatable bonds is 14. The molecular formula is C33H40ClN9O4S. The molecule has 0 unspecified atom stereocenters. The lowest BCUT2D eigenvalue weighted by Gasteiger charge is -2.17. The Hall–Kier alpha value is -4.50. The fourth-order valence-electron chi connectivity index (χ4n) is 5.24. The molecule has 254 valence electrons. The van der Waals surface area contributed by atoms with Gasteiger partial charge in [0, 0.05) is 55.4 Å². The molecule has 0 aliphatic carbocycles. The van der Waals surface area contributed by atoms with Crippen LogP contribution in [0.5, 0.6) is 0 Å². The van der Waals surface area contributed by atoms with Crippen molar-refractivity contribution in [1.82, 2.24) is 29.6 Å². The Labute approximate surface area is 284 Å². The molecule has 2 heterocycles. The summed E-state index contributed by atoms with van der Waals surface area (Å²) in [5.74, 6) is 0.317. The van der Waals surface area contributed by atoms with Crippen LogP contribution in [0.4, 0.5) is 23.1 Å². The first kappa shape index (κ1) is 34.8. The zero-order valence-electron chi connectivity index (χ0n) is 27.5. The van der Waals surface area contributed by atoms with E-state index < -0.39 is 15.9 Å². The van der Waals surface area contributed by atoms with E-state index in [9.17, 15) is 18.3 Å². The third-order valence-corrected chi connectivity index (χ3v) is 9.67.